The smallest absolute Gasteiger partial charge is 0.410 e. The number of benzene rings is 2. The molecule has 2 amide bonds. The Morgan fingerprint density at radius 3 is 2.65 bits per heavy atom. The number of anilines is 2. The van der Waals surface area contributed by atoms with Gasteiger partial charge in [0.25, 0.3) is 0 Å². The normalized spacial score (nSPS) is 13.5. The van der Waals surface area contributed by atoms with E-state index in [1.807, 2.05) is 41.3 Å². The van der Waals surface area contributed by atoms with E-state index in [1.165, 1.54) is 0 Å². The maximum absolute atomic E-state index is 12.3. The highest BCUT2D eigenvalue weighted by molar-refractivity contribution is 5.97. The van der Waals surface area contributed by atoms with Crippen LogP contribution >= 0.6 is 0 Å². The van der Waals surface area contributed by atoms with Crippen molar-refractivity contribution in [3.8, 4) is 5.75 Å². The summed E-state index contributed by atoms with van der Waals surface area (Å²) in [6, 6.07) is 14.6. The first-order valence-electron chi connectivity index (χ1n) is 9.00. The second kappa shape index (κ2) is 8.04. The number of ether oxygens (including phenoxy) is 1. The molecule has 0 aromatic heterocycles. The van der Waals surface area contributed by atoms with Crippen molar-refractivity contribution in [3.05, 3.63) is 54.1 Å². The molecular formula is C21H24N2O3. The summed E-state index contributed by atoms with van der Waals surface area (Å²) >= 11 is 0. The van der Waals surface area contributed by atoms with Gasteiger partial charge in [0.15, 0.2) is 0 Å². The molecule has 0 fully saturated rings. The van der Waals surface area contributed by atoms with E-state index in [9.17, 15) is 9.59 Å². The highest BCUT2D eigenvalue weighted by atomic mass is 16.6. The molecule has 0 saturated heterocycles. The lowest BCUT2D eigenvalue weighted by Gasteiger charge is -2.30. The van der Waals surface area contributed by atoms with E-state index in [-0.39, 0.29) is 5.91 Å². The molecule has 2 aromatic rings. The molecule has 1 aliphatic heterocycles. The van der Waals surface area contributed by atoms with Gasteiger partial charge in [0.2, 0.25) is 5.91 Å². The Bertz CT molecular complexity index is 787. The summed E-state index contributed by atoms with van der Waals surface area (Å²) < 4.78 is 5.25. The van der Waals surface area contributed by atoms with Gasteiger partial charge in [-0.2, -0.15) is 0 Å². The van der Waals surface area contributed by atoms with Gasteiger partial charge in [-0.05, 0) is 54.7 Å². The predicted molar refractivity (Wildman–Crippen MR) is 103 cm³/mol. The number of nitrogens with one attached hydrogen (secondary N) is 1. The Kier molecular flexibility index (Phi) is 5.56. The molecule has 0 radical (unpaired) electrons. The second-order valence-corrected chi connectivity index (χ2v) is 6.90. The van der Waals surface area contributed by atoms with Crippen LogP contribution in [0, 0.1) is 5.92 Å². The molecule has 3 rings (SSSR count). The number of para-hydroxylation sites is 1. The van der Waals surface area contributed by atoms with Crippen molar-refractivity contribution in [1.29, 1.82) is 0 Å². The third kappa shape index (κ3) is 4.42. The van der Waals surface area contributed by atoms with Crippen molar-refractivity contribution in [2.45, 2.75) is 33.1 Å². The van der Waals surface area contributed by atoms with Crippen LogP contribution in [0.1, 0.15) is 32.3 Å². The SMILES string of the molecule is CC(C)CCN1C(=O)CCc2cc(NC(=O)Oc3ccccc3)ccc21. The fourth-order valence-electron chi connectivity index (χ4n) is 3.01. The number of hydrogen-bond acceptors (Lipinski definition) is 3. The number of carbonyl (C=O) groups is 2. The van der Waals surface area contributed by atoms with Crippen molar-refractivity contribution < 1.29 is 14.3 Å². The van der Waals surface area contributed by atoms with Crippen molar-refractivity contribution in [1.82, 2.24) is 0 Å². The van der Waals surface area contributed by atoms with Crippen LogP contribution in [0.15, 0.2) is 48.5 Å². The topological polar surface area (TPSA) is 58.6 Å². The molecule has 0 spiro atoms. The van der Waals surface area contributed by atoms with Gasteiger partial charge in [-0.3, -0.25) is 10.1 Å². The fraction of sp³-hybridized carbons (Fsp3) is 0.333. The predicted octanol–water partition coefficient (Wildman–Crippen LogP) is 4.62. The summed E-state index contributed by atoms with van der Waals surface area (Å²) in [4.78, 5) is 26.2. The number of fused-ring (bicyclic) bond motifs is 1. The Hall–Kier alpha value is -2.82. The quantitative estimate of drug-likeness (QED) is 0.854. The molecule has 26 heavy (non-hydrogen) atoms. The molecule has 0 bridgehead atoms. The third-order valence-corrected chi connectivity index (χ3v) is 4.41. The number of aryl methyl sites for hydroxylation is 1. The molecule has 1 heterocycles. The van der Waals surface area contributed by atoms with Crippen molar-refractivity contribution in [3.63, 3.8) is 0 Å². The lowest BCUT2D eigenvalue weighted by atomic mass is 9.99. The maximum atomic E-state index is 12.3. The van der Waals surface area contributed by atoms with Gasteiger partial charge in [0, 0.05) is 24.3 Å². The van der Waals surface area contributed by atoms with E-state index in [2.05, 4.69) is 19.2 Å². The van der Waals surface area contributed by atoms with Gasteiger partial charge in [0.1, 0.15) is 5.75 Å². The first-order chi connectivity index (χ1) is 12.5. The Labute approximate surface area is 154 Å². The Balaban J connectivity index is 1.70. The highest BCUT2D eigenvalue weighted by Crippen LogP contribution is 2.31. The average molecular weight is 352 g/mol. The van der Waals surface area contributed by atoms with Gasteiger partial charge >= 0.3 is 6.09 Å². The number of rotatable bonds is 5. The largest absolute Gasteiger partial charge is 0.417 e. The summed E-state index contributed by atoms with van der Waals surface area (Å²) in [5, 5.41) is 2.75. The zero-order valence-corrected chi connectivity index (χ0v) is 15.2. The number of nitrogens with zero attached hydrogens (tertiary/aromatic N) is 1. The molecule has 0 saturated carbocycles. The van der Waals surface area contributed by atoms with Crippen molar-refractivity contribution >= 4 is 23.4 Å². The zero-order chi connectivity index (χ0) is 18.5. The van der Waals surface area contributed by atoms with Crippen LogP contribution < -0.4 is 15.0 Å². The monoisotopic (exact) mass is 352 g/mol. The van der Waals surface area contributed by atoms with Crippen LogP contribution in [-0.2, 0) is 11.2 Å². The van der Waals surface area contributed by atoms with Crippen LogP contribution in [0.5, 0.6) is 5.75 Å². The van der Waals surface area contributed by atoms with Crippen molar-refractivity contribution in [2.24, 2.45) is 5.92 Å². The molecule has 0 aliphatic carbocycles. The summed E-state index contributed by atoms with van der Waals surface area (Å²) in [5.74, 6) is 1.21. The first kappa shape index (κ1) is 18.0. The number of carbonyl (C=O) groups excluding carboxylic acids is 2. The molecule has 2 aromatic carbocycles. The van der Waals surface area contributed by atoms with Gasteiger partial charge in [0.05, 0.1) is 0 Å². The standard InChI is InChI=1S/C21H24N2O3/c1-15(2)12-13-23-19-10-9-17(14-16(19)8-11-20(23)24)22-21(25)26-18-6-4-3-5-7-18/h3-7,9-10,14-15H,8,11-13H2,1-2H3,(H,22,25). The minimum absolute atomic E-state index is 0.169. The van der Waals surface area contributed by atoms with Gasteiger partial charge in [-0.15, -0.1) is 0 Å². The van der Waals surface area contributed by atoms with E-state index in [0.717, 1.165) is 24.2 Å². The molecule has 0 atom stereocenters. The number of hydrogen-bond donors (Lipinski definition) is 1. The van der Waals surface area contributed by atoms with Crippen LogP contribution in [0.25, 0.3) is 0 Å². The average Bonchev–Trinajstić information content (AvgIpc) is 2.61. The van der Waals surface area contributed by atoms with Gasteiger partial charge in [-0.25, -0.2) is 4.79 Å². The first-order valence-corrected chi connectivity index (χ1v) is 9.00. The second-order valence-electron chi connectivity index (χ2n) is 6.90. The molecule has 136 valence electrons. The minimum atomic E-state index is -0.528. The molecular weight excluding hydrogens is 328 g/mol. The van der Waals surface area contributed by atoms with Crippen LogP contribution in [0.2, 0.25) is 0 Å². The molecule has 1 N–H and O–H groups in total. The highest BCUT2D eigenvalue weighted by Gasteiger charge is 2.24. The van der Waals surface area contributed by atoms with Crippen LogP contribution in [0.4, 0.5) is 16.2 Å². The van der Waals surface area contributed by atoms with E-state index in [4.69, 9.17) is 4.74 Å². The Morgan fingerprint density at radius 1 is 1.15 bits per heavy atom. The van der Waals surface area contributed by atoms with Crippen molar-refractivity contribution in [2.75, 3.05) is 16.8 Å². The number of amides is 2. The molecule has 0 unspecified atom stereocenters. The van der Waals surface area contributed by atoms with E-state index in [1.54, 1.807) is 12.1 Å². The summed E-state index contributed by atoms with van der Waals surface area (Å²) in [7, 11) is 0. The van der Waals surface area contributed by atoms with Gasteiger partial charge in [-0.1, -0.05) is 32.0 Å². The third-order valence-electron chi connectivity index (χ3n) is 4.41. The van der Waals surface area contributed by atoms with Crippen LogP contribution in [0.3, 0.4) is 0 Å². The molecule has 1 aliphatic rings. The molecule has 5 heteroatoms. The maximum Gasteiger partial charge on any atom is 0.417 e. The summed E-state index contributed by atoms with van der Waals surface area (Å²) in [6.45, 7) is 5.04. The van der Waals surface area contributed by atoms with E-state index >= 15 is 0 Å². The minimum Gasteiger partial charge on any atom is -0.410 e. The van der Waals surface area contributed by atoms with Crippen LogP contribution in [-0.4, -0.2) is 18.5 Å². The lowest BCUT2D eigenvalue weighted by Crippen LogP contribution is -2.36. The summed E-state index contributed by atoms with van der Waals surface area (Å²) in [5.41, 5.74) is 2.69. The van der Waals surface area contributed by atoms with E-state index in [0.29, 0.717) is 30.2 Å². The summed E-state index contributed by atoms with van der Waals surface area (Å²) in [6.07, 6.45) is 1.63. The zero-order valence-electron chi connectivity index (χ0n) is 15.2. The van der Waals surface area contributed by atoms with E-state index < -0.39 is 6.09 Å². The lowest BCUT2D eigenvalue weighted by molar-refractivity contribution is -0.118. The molecule has 5 nitrogen and oxygen atoms in total. The fourth-order valence-corrected chi connectivity index (χ4v) is 3.01. The Morgan fingerprint density at radius 2 is 1.92 bits per heavy atom. The van der Waals surface area contributed by atoms with Gasteiger partial charge < -0.3 is 9.64 Å².